The number of fused-ring (bicyclic) bond motifs is 1. The number of allylic oxidation sites excluding steroid dienone is 1. The highest BCUT2D eigenvalue weighted by molar-refractivity contribution is 8.10. The van der Waals surface area contributed by atoms with Crippen molar-refractivity contribution >= 4 is 79.8 Å². The zero-order chi connectivity index (χ0) is 24.0. The Bertz CT molecular complexity index is 1480. The number of thioether (sulfide) groups is 1. The van der Waals surface area contributed by atoms with Crippen LogP contribution in [0, 0.1) is 6.92 Å². The van der Waals surface area contributed by atoms with Gasteiger partial charge >= 0.3 is 21.9 Å². The number of amides is 1. The van der Waals surface area contributed by atoms with Crippen molar-refractivity contribution in [2.45, 2.75) is 28.5 Å². The molecule has 1 aromatic carbocycles. The summed E-state index contributed by atoms with van der Waals surface area (Å²) in [6.07, 6.45) is 3.32. The number of benzene rings is 1. The molecular formula is C22H17ClN3O4S4+. The summed E-state index contributed by atoms with van der Waals surface area (Å²) < 4.78 is 34.5. The number of furan rings is 1. The van der Waals surface area contributed by atoms with Crippen molar-refractivity contribution in [3.05, 3.63) is 75.3 Å². The first kappa shape index (κ1) is 23.4. The van der Waals surface area contributed by atoms with E-state index in [2.05, 4.69) is 22.0 Å². The Labute approximate surface area is 214 Å². The molecule has 174 valence electrons. The summed E-state index contributed by atoms with van der Waals surface area (Å²) >= 11 is 13.3. The van der Waals surface area contributed by atoms with Gasteiger partial charge in [-0.25, -0.2) is 0 Å². The van der Waals surface area contributed by atoms with Crippen molar-refractivity contribution in [3.63, 3.8) is 0 Å². The van der Waals surface area contributed by atoms with Gasteiger partial charge in [0.15, 0.2) is 5.25 Å². The molecule has 5 rings (SSSR count). The number of hydrogen-bond acceptors (Lipinski definition) is 7. The Hall–Kier alpha value is -2.31. The molecule has 4 heterocycles. The van der Waals surface area contributed by atoms with Crippen LogP contribution in [0.25, 0.3) is 4.91 Å². The third-order valence-electron chi connectivity index (χ3n) is 5.23. The summed E-state index contributed by atoms with van der Waals surface area (Å²) in [5.74, 6) is 0.107. The van der Waals surface area contributed by atoms with Crippen LogP contribution in [0.15, 0.2) is 72.6 Å². The number of sulfonamides is 1. The predicted molar refractivity (Wildman–Crippen MR) is 137 cm³/mol. The van der Waals surface area contributed by atoms with Crippen LogP contribution in [0.1, 0.15) is 16.9 Å². The van der Waals surface area contributed by atoms with E-state index in [0.29, 0.717) is 22.1 Å². The van der Waals surface area contributed by atoms with Crippen molar-refractivity contribution in [3.8, 4) is 0 Å². The number of aryl methyl sites for hydroxylation is 1. The van der Waals surface area contributed by atoms with E-state index >= 15 is 0 Å². The van der Waals surface area contributed by atoms with Crippen LogP contribution in [-0.4, -0.2) is 36.1 Å². The number of thiophene rings is 1. The number of carbonyl (C=O) groups is 1. The van der Waals surface area contributed by atoms with E-state index in [0.717, 1.165) is 10.5 Å². The van der Waals surface area contributed by atoms with Crippen molar-refractivity contribution in [2.75, 3.05) is 0 Å². The second-order valence-corrected chi connectivity index (χ2v) is 12.0. The number of carbonyl (C=O) groups excluding carboxylic acids is 1. The molecule has 7 nitrogen and oxygen atoms in total. The Morgan fingerprint density at radius 2 is 2.15 bits per heavy atom. The van der Waals surface area contributed by atoms with Crippen LogP contribution in [0.3, 0.4) is 0 Å². The van der Waals surface area contributed by atoms with Crippen LogP contribution in [0.5, 0.6) is 0 Å². The van der Waals surface area contributed by atoms with Crippen molar-refractivity contribution in [1.82, 2.24) is 4.90 Å². The number of guanidine groups is 1. The maximum Gasteiger partial charge on any atom is 0.410 e. The normalized spacial score (nSPS) is 19.4. The third-order valence-corrected chi connectivity index (χ3v) is 9.49. The first-order valence-electron chi connectivity index (χ1n) is 9.95. The molecule has 1 amide bonds. The molecule has 2 aliphatic rings. The minimum atomic E-state index is -4.13. The maximum atomic E-state index is 13.5. The number of thiol groups is 1. The number of halogens is 1. The van der Waals surface area contributed by atoms with Gasteiger partial charge in [0, 0.05) is 14.8 Å². The third kappa shape index (κ3) is 4.38. The highest BCUT2D eigenvalue weighted by Crippen LogP contribution is 2.41. The van der Waals surface area contributed by atoms with E-state index in [1.807, 2.05) is 22.9 Å². The Balaban J connectivity index is 1.61. The summed E-state index contributed by atoms with van der Waals surface area (Å²) in [5.41, 5.74) is 2.07. The molecule has 12 heteroatoms. The van der Waals surface area contributed by atoms with Crippen LogP contribution < -0.4 is 4.40 Å². The molecule has 2 aromatic heterocycles. The Morgan fingerprint density at radius 1 is 1.32 bits per heavy atom. The summed E-state index contributed by atoms with van der Waals surface area (Å²) in [5, 5.41) is 3.78. The minimum absolute atomic E-state index is 0.0265. The van der Waals surface area contributed by atoms with E-state index < -0.39 is 15.3 Å². The highest BCUT2D eigenvalue weighted by Gasteiger charge is 2.47. The van der Waals surface area contributed by atoms with Gasteiger partial charge in [-0.1, -0.05) is 16.6 Å². The van der Waals surface area contributed by atoms with Crippen molar-refractivity contribution < 1.29 is 22.0 Å². The molecule has 0 aliphatic carbocycles. The monoisotopic (exact) mass is 550 g/mol. The first-order chi connectivity index (χ1) is 16.2. The number of hydrogen-bond donors (Lipinski definition) is 2. The van der Waals surface area contributed by atoms with Gasteiger partial charge in [0.1, 0.15) is 22.9 Å². The molecular weight excluding hydrogens is 534 g/mol. The lowest BCUT2D eigenvalue weighted by Gasteiger charge is -2.21. The van der Waals surface area contributed by atoms with Gasteiger partial charge in [0.05, 0.1) is 6.26 Å². The zero-order valence-electron chi connectivity index (χ0n) is 17.6. The standard InChI is InChI=1S/C22H16ClN3O4S4/c1-12-7-19(17(31)8-15(12)23)34(28,29)25-22-24-16-9-18(13-4-6-32-11-13)33-20(16)21(27)26(22)10-14-3-2-5-30-14/h2-9,11,20,31H,10H2,1H3/p+1/b25-22-. The quantitative estimate of drug-likeness (QED) is 0.475. The smallest absolute Gasteiger partial charge is 0.410 e. The predicted octanol–water partition coefficient (Wildman–Crippen LogP) is 3.36. The Morgan fingerprint density at radius 3 is 2.85 bits per heavy atom. The number of nitrogens with one attached hydrogen (secondary N) is 1. The molecule has 3 aromatic rings. The first-order valence-corrected chi connectivity index (χ1v) is 14.1. The summed E-state index contributed by atoms with van der Waals surface area (Å²) in [7, 11) is -4.13. The van der Waals surface area contributed by atoms with Gasteiger partial charge in [0.2, 0.25) is 0 Å². The van der Waals surface area contributed by atoms with E-state index in [9.17, 15) is 13.2 Å². The van der Waals surface area contributed by atoms with E-state index in [-0.39, 0.29) is 28.2 Å². The molecule has 1 N–H and O–H groups in total. The fraction of sp³-hybridized carbons (Fsp3) is 0.136. The number of nitrogens with zero attached hydrogens (tertiary/aromatic N) is 2. The average molecular weight is 551 g/mol. The van der Waals surface area contributed by atoms with Gasteiger partial charge in [-0.3, -0.25) is 4.79 Å². The fourth-order valence-electron chi connectivity index (χ4n) is 3.51. The average Bonchev–Trinajstić information content (AvgIpc) is 3.54. The molecule has 34 heavy (non-hydrogen) atoms. The lowest BCUT2D eigenvalue weighted by atomic mass is 10.1. The largest absolute Gasteiger partial charge is 0.466 e. The van der Waals surface area contributed by atoms with Gasteiger partial charge in [-0.15, -0.1) is 24.4 Å². The van der Waals surface area contributed by atoms with Gasteiger partial charge < -0.3 is 4.42 Å². The van der Waals surface area contributed by atoms with Crippen molar-refractivity contribution in [2.24, 2.45) is 4.99 Å². The van der Waals surface area contributed by atoms with Gasteiger partial charge in [-0.05, 0) is 65.2 Å². The topological polar surface area (TPSA) is 93.9 Å². The minimum Gasteiger partial charge on any atom is -0.466 e. The molecule has 0 saturated heterocycles. The SMILES string of the molecule is Cc1cc(S(=O)(=O)/[NH+]=C2/N=C3C=C(c4ccsc4)SC3C(=O)N2Cc2ccco2)c(S)cc1Cl. The van der Waals surface area contributed by atoms with Crippen molar-refractivity contribution in [1.29, 1.82) is 0 Å². The number of aliphatic imine (C=N–C) groups is 1. The van der Waals surface area contributed by atoms with E-state index in [1.165, 1.54) is 35.1 Å². The second kappa shape index (κ2) is 9.04. The molecule has 1 unspecified atom stereocenters. The van der Waals surface area contributed by atoms with E-state index in [4.69, 9.17) is 16.0 Å². The molecule has 0 saturated carbocycles. The lowest BCUT2D eigenvalue weighted by Crippen LogP contribution is -2.80. The second-order valence-electron chi connectivity index (χ2n) is 7.56. The van der Waals surface area contributed by atoms with Crippen LogP contribution in [0.2, 0.25) is 5.02 Å². The molecule has 0 radical (unpaired) electrons. The molecule has 1 atom stereocenters. The van der Waals surface area contributed by atoms with E-state index in [1.54, 1.807) is 30.4 Å². The number of rotatable bonds is 5. The molecule has 0 spiro atoms. The Kier molecular flexibility index (Phi) is 6.23. The maximum absolute atomic E-state index is 13.5. The summed E-state index contributed by atoms with van der Waals surface area (Å²) in [4.78, 5) is 20.4. The lowest BCUT2D eigenvalue weighted by molar-refractivity contribution is -0.278. The van der Waals surface area contributed by atoms with Gasteiger partial charge in [0.25, 0.3) is 0 Å². The summed E-state index contributed by atoms with van der Waals surface area (Å²) in [6, 6.07) is 8.29. The highest BCUT2D eigenvalue weighted by atomic mass is 35.5. The molecule has 0 bridgehead atoms. The van der Waals surface area contributed by atoms with Crippen LogP contribution >= 0.6 is 47.3 Å². The molecule has 2 aliphatic heterocycles. The fourth-order valence-corrected chi connectivity index (χ4v) is 7.38. The van der Waals surface area contributed by atoms with Gasteiger partial charge in [-0.2, -0.15) is 29.1 Å². The summed E-state index contributed by atoms with van der Waals surface area (Å²) in [6.45, 7) is 1.73. The molecule has 0 fully saturated rings. The zero-order valence-corrected chi connectivity index (χ0v) is 21.7. The van der Waals surface area contributed by atoms with Crippen LogP contribution in [-0.2, 0) is 21.4 Å². The van der Waals surface area contributed by atoms with Crippen LogP contribution in [0.4, 0.5) is 0 Å².